The maximum absolute atomic E-state index is 12.4. The third-order valence-corrected chi connectivity index (χ3v) is 4.34. The van der Waals surface area contributed by atoms with E-state index in [1.165, 1.54) is 50.0 Å². The summed E-state index contributed by atoms with van der Waals surface area (Å²) < 4.78 is 14.0. The lowest BCUT2D eigenvalue weighted by Gasteiger charge is -2.07. The van der Waals surface area contributed by atoms with Crippen LogP contribution in [0.4, 0.5) is 0 Å². The summed E-state index contributed by atoms with van der Waals surface area (Å²) in [6.45, 7) is -0.187. The number of imidazole rings is 1. The van der Waals surface area contributed by atoms with E-state index in [-0.39, 0.29) is 17.7 Å². The number of nitrogens with one attached hydrogen (secondary N) is 1. The van der Waals surface area contributed by atoms with E-state index in [4.69, 9.17) is 9.47 Å². The molecule has 0 saturated heterocycles. The van der Waals surface area contributed by atoms with Gasteiger partial charge in [-0.05, 0) is 23.8 Å². The maximum Gasteiger partial charge on any atom is 0.332 e. The highest BCUT2D eigenvalue weighted by Gasteiger charge is 2.15. The molecule has 0 unspecified atom stereocenters. The molecule has 2 heterocycles. The average molecular weight is 400 g/mol. The number of aromatic nitrogens is 4. The molecule has 1 N–H and O–H groups in total. The SMILES string of the molecule is COc1ccc(/C=N/NC(=O)Cn2cnc3c2c(=O)n(C)c(=O)n3C)cc1OC. The molecule has 0 bridgehead atoms. The van der Waals surface area contributed by atoms with Crippen LogP contribution in [0.5, 0.6) is 11.5 Å². The molecule has 3 aromatic rings. The molecule has 29 heavy (non-hydrogen) atoms. The van der Waals surface area contributed by atoms with Gasteiger partial charge < -0.3 is 14.0 Å². The van der Waals surface area contributed by atoms with Crippen molar-refractivity contribution in [3.05, 3.63) is 50.9 Å². The Morgan fingerprint density at radius 3 is 2.59 bits per heavy atom. The maximum atomic E-state index is 12.4. The van der Waals surface area contributed by atoms with Crippen LogP contribution >= 0.6 is 0 Å². The molecule has 0 spiro atoms. The standard InChI is InChI=1S/C18H20N6O5/c1-22-16-15(17(26)23(2)18(22)27)24(10-19-16)9-14(25)21-20-8-11-5-6-12(28-3)13(7-11)29-4/h5-8,10H,9H2,1-4H3,(H,21,25)/b20-8+. The zero-order valence-corrected chi connectivity index (χ0v) is 16.4. The second kappa shape index (κ2) is 8.00. The van der Waals surface area contributed by atoms with Gasteiger partial charge in [-0.1, -0.05) is 0 Å². The number of rotatable bonds is 6. The lowest BCUT2D eigenvalue weighted by molar-refractivity contribution is -0.121. The van der Waals surface area contributed by atoms with Crippen LogP contribution in [0.2, 0.25) is 0 Å². The molecule has 1 aromatic carbocycles. The van der Waals surface area contributed by atoms with E-state index in [9.17, 15) is 14.4 Å². The molecule has 0 radical (unpaired) electrons. The molecule has 0 fully saturated rings. The van der Waals surface area contributed by atoms with Crippen LogP contribution in [-0.2, 0) is 25.4 Å². The summed E-state index contributed by atoms with van der Waals surface area (Å²) in [6, 6.07) is 5.19. The number of carbonyl (C=O) groups is 1. The van der Waals surface area contributed by atoms with Gasteiger partial charge in [-0.3, -0.25) is 18.7 Å². The monoisotopic (exact) mass is 400 g/mol. The van der Waals surface area contributed by atoms with Crippen LogP contribution < -0.4 is 26.1 Å². The average Bonchev–Trinajstić information content (AvgIpc) is 3.14. The number of benzene rings is 1. The number of carbonyl (C=O) groups excluding carboxylic acids is 1. The molecule has 11 nitrogen and oxygen atoms in total. The van der Waals surface area contributed by atoms with Crippen LogP contribution in [0.15, 0.2) is 39.2 Å². The number of hydrogen-bond donors (Lipinski definition) is 1. The predicted molar refractivity (Wildman–Crippen MR) is 105 cm³/mol. The minimum Gasteiger partial charge on any atom is -0.493 e. The molecule has 0 atom stereocenters. The van der Waals surface area contributed by atoms with Gasteiger partial charge in [0.15, 0.2) is 22.7 Å². The Labute approximate surface area is 164 Å². The van der Waals surface area contributed by atoms with Crippen LogP contribution in [0.1, 0.15) is 5.56 Å². The van der Waals surface area contributed by atoms with Crippen LogP contribution in [0.25, 0.3) is 11.2 Å². The van der Waals surface area contributed by atoms with Crippen molar-refractivity contribution in [1.29, 1.82) is 0 Å². The Balaban J connectivity index is 1.76. The van der Waals surface area contributed by atoms with Crippen LogP contribution in [0.3, 0.4) is 0 Å². The molecule has 1 amide bonds. The number of hydrogen-bond acceptors (Lipinski definition) is 7. The highest BCUT2D eigenvalue weighted by atomic mass is 16.5. The van der Waals surface area contributed by atoms with E-state index in [1.54, 1.807) is 18.2 Å². The quantitative estimate of drug-likeness (QED) is 0.444. The smallest absolute Gasteiger partial charge is 0.332 e. The minimum atomic E-state index is -0.526. The van der Waals surface area contributed by atoms with Crippen molar-refractivity contribution in [2.75, 3.05) is 14.2 Å². The lowest BCUT2D eigenvalue weighted by Crippen LogP contribution is -2.38. The second-order valence-electron chi connectivity index (χ2n) is 6.16. The third kappa shape index (κ3) is 3.74. The summed E-state index contributed by atoms with van der Waals surface area (Å²) >= 11 is 0. The molecule has 11 heteroatoms. The molecule has 0 aliphatic carbocycles. The molecular weight excluding hydrogens is 380 g/mol. The van der Waals surface area contributed by atoms with Crippen molar-refractivity contribution in [3.8, 4) is 11.5 Å². The molecule has 152 valence electrons. The number of ether oxygens (including phenoxy) is 2. The van der Waals surface area contributed by atoms with Crippen molar-refractivity contribution in [1.82, 2.24) is 24.1 Å². The zero-order chi connectivity index (χ0) is 21.1. The van der Waals surface area contributed by atoms with Crippen molar-refractivity contribution >= 4 is 23.3 Å². The van der Waals surface area contributed by atoms with Gasteiger partial charge in [0.1, 0.15) is 6.54 Å². The highest BCUT2D eigenvalue weighted by molar-refractivity contribution is 5.83. The fraction of sp³-hybridized carbons (Fsp3) is 0.278. The van der Waals surface area contributed by atoms with E-state index in [0.717, 1.165) is 4.57 Å². The minimum absolute atomic E-state index is 0.161. The predicted octanol–water partition coefficient (Wildman–Crippen LogP) is -0.399. The highest BCUT2D eigenvalue weighted by Crippen LogP contribution is 2.26. The molecule has 0 aliphatic rings. The molecule has 0 saturated carbocycles. The summed E-state index contributed by atoms with van der Waals surface area (Å²) in [4.78, 5) is 40.6. The first kappa shape index (κ1) is 19.9. The van der Waals surface area contributed by atoms with E-state index < -0.39 is 17.2 Å². The number of hydrazone groups is 1. The first-order chi connectivity index (χ1) is 13.9. The Kier molecular flexibility index (Phi) is 5.48. The third-order valence-electron chi connectivity index (χ3n) is 4.34. The van der Waals surface area contributed by atoms with Crippen molar-refractivity contribution in [3.63, 3.8) is 0 Å². The van der Waals surface area contributed by atoms with Gasteiger partial charge in [-0.25, -0.2) is 15.2 Å². The molecule has 3 rings (SSSR count). The van der Waals surface area contributed by atoms with E-state index in [1.807, 2.05) is 0 Å². The Hall–Kier alpha value is -3.89. The lowest BCUT2D eigenvalue weighted by atomic mass is 10.2. The van der Waals surface area contributed by atoms with E-state index >= 15 is 0 Å². The zero-order valence-electron chi connectivity index (χ0n) is 16.4. The molecular formula is C18H20N6O5. The number of nitrogens with zero attached hydrogens (tertiary/aromatic N) is 5. The van der Waals surface area contributed by atoms with Gasteiger partial charge in [-0.15, -0.1) is 0 Å². The van der Waals surface area contributed by atoms with E-state index in [2.05, 4.69) is 15.5 Å². The van der Waals surface area contributed by atoms with Gasteiger partial charge in [0.2, 0.25) is 0 Å². The molecule has 2 aromatic heterocycles. The van der Waals surface area contributed by atoms with Gasteiger partial charge >= 0.3 is 5.69 Å². The largest absolute Gasteiger partial charge is 0.493 e. The summed E-state index contributed by atoms with van der Waals surface area (Å²) in [5.74, 6) is 0.655. The number of amides is 1. The fourth-order valence-electron chi connectivity index (χ4n) is 2.82. The first-order valence-electron chi connectivity index (χ1n) is 8.52. The van der Waals surface area contributed by atoms with Gasteiger partial charge in [0, 0.05) is 14.1 Å². The van der Waals surface area contributed by atoms with Crippen molar-refractivity contribution < 1.29 is 14.3 Å². The van der Waals surface area contributed by atoms with Gasteiger partial charge in [-0.2, -0.15) is 5.10 Å². The topological polar surface area (TPSA) is 122 Å². The van der Waals surface area contributed by atoms with E-state index in [0.29, 0.717) is 17.1 Å². The molecule has 0 aliphatic heterocycles. The van der Waals surface area contributed by atoms with Crippen molar-refractivity contribution in [2.24, 2.45) is 19.2 Å². The van der Waals surface area contributed by atoms with Gasteiger partial charge in [0.05, 0.1) is 26.8 Å². The summed E-state index contributed by atoms with van der Waals surface area (Å²) in [5.41, 5.74) is 2.44. The van der Waals surface area contributed by atoms with Crippen molar-refractivity contribution in [2.45, 2.75) is 6.54 Å². The normalized spacial score (nSPS) is 11.2. The Bertz CT molecular complexity index is 1220. The summed E-state index contributed by atoms with van der Waals surface area (Å²) in [5, 5.41) is 3.91. The second-order valence-corrected chi connectivity index (χ2v) is 6.16. The summed E-state index contributed by atoms with van der Waals surface area (Å²) in [7, 11) is 5.94. The first-order valence-corrected chi connectivity index (χ1v) is 8.52. The van der Waals surface area contributed by atoms with Gasteiger partial charge in [0.25, 0.3) is 11.5 Å². The Morgan fingerprint density at radius 2 is 1.90 bits per heavy atom. The number of aryl methyl sites for hydroxylation is 1. The number of methoxy groups -OCH3 is 2. The van der Waals surface area contributed by atoms with Crippen LogP contribution in [-0.4, -0.2) is 45.0 Å². The fourth-order valence-corrected chi connectivity index (χ4v) is 2.82. The Morgan fingerprint density at radius 1 is 1.17 bits per heavy atom. The number of fused-ring (bicyclic) bond motifs is 1. The summed E-state index contributed by atoms with van der Waals surface area (Å²) in [6.07, 6.45) is 2.79. The van der Waals surface area contributed by atoms with Crippen LogP contribution in [0, 0.1) is 0 Å².